The summed E-state index contributed by atoms with van der Waals surface area (Å²) in [4.78, 5) is 11.6. The molecule has 1 spiro atoms. The smallest absolute Gasteiger partial charge is 0.201 e. The van der Waals surface area contributed by atoms with E-state index in [0.29, 0.717) is 11.8 Å². The molecule has 0 aromatic carbocycles. The van der Waals surface area contributed by atoms with Crippen molar-refractivity contribution >= 4 is 0 Å². The Bertz CT molecular complexity index is 411. The van der Waals surface area contributed by atoms with Crippen molar-refractivity contribution in [1.29, 1.82) is 0 Å². The second-order valence-electron chi connectivity index (χ2n) is 7.30. The second-order valence-corrected chi connectivity index (χ2v) is 7.30. The molecule has 20 heavy (non-hydrogen) atoms. The summed E-state index contributed by atoms with van der Waals surface area (Å²) in [6, 6.07) is 0. The number of aliphatic hydroxyl groups excluding tert-OH is 1. The van der Waals surface area contributed by atoms with Gasteiger partial charge in [0, 0.05) is 18.3 Å². The first kappa shape index (κ1) is 13.5. The van der Waals surface area contributed by atoms with Gasteiger partial charge in [0.05, 0.1) is 0 Å². The van der Waals surface area contributed by atoms with Crippen molar-refractivity contribution in [2.45, 2.75) is 70.4 Å². The van der Waals surface area contributed by atoms with Crippen LogP contribution >= 0.6 is 0 Å². The van der Waals surface area contributed by atoms with Crippen LogP contribution in [0.5, 0.6) is 0 Å². The van der Waals surface area contributed by atoms with E-state index in [0.717, 1.165) is 19.3 Å². The lowest BCUT2D eigenvalue weighted by Crippen LogP contribution is -2.70. The molecule has 0 aromatic heterocycles. The van der Waals surface area contributed by atoms with Crippen LogP contribution in [0.25, 0.3) is 0 Å². The van der Waals surface area contributed by atoms with E-state index in [1.54, 1.807) is 0 Å². The fraction of sp³-hybridized carbons (Fsp3) is 1.00. The number of rotatable bonds is 0. The van der Waals surface area contributed by atoms with Crippen molar-refractivity contribution in [1.82, 2.24) is 0 Å². The molecule has 4 aliphatic heterocycles. The van der Waals surface area contributed by atoms with Gasteiger partial charge in [0.1, 0.15) is 0 Å². The molecule has 4 heterocycles. The SMILES string of the molecule is C[C@@H]1CCC2[C@@H](C)[C@@H](O)O[C@@H]3O[C@@]4(C)CC[C@@H]1[C@@]23OO4. The number of fused-ring (bicyclic) bond motifs is 2. The van der Waals surface area contributed by atoms with Crippen LogP contribution in [0, 0.1) is 23.7 Å². The Labute approximate surface area is 119 Å². The highest BCUT2D eigenvalue weighted by atomic mass is 17.3. The van der Waals surface area contributed by atoms with Crippen LogP contribution in [0.1, 0.15) is 46.5 Å². The lowest BCUT2D eigenvalue weighted by Gasteiger charge is -2.59. The fourth-order valence-electron chi connectivity index (χ4n) is 4.89. The van der Waals surface area contributed by atoms with Crippen molar-refractivity contribution in [3.63, 3.8) is 0 Å². The molecular formula is C15H24O5. The summed E-state index contributed by atoms with van der Waals surface area (Å²) >= 11 is 0. The Morgan fingerprint density at radius 3 is 2.65 bits per heavy atom. The molecule has 1 saturated carbocycles. The van der Waals surface area contributed by atoms with Crippen LogP contribution < -0.4 is 0 Å². The van der Waals surface area contributed by atoms with Crippen molar-refractivity contribution in [2.75, 3.05) is 0 Å². The molecule has 5 heteroatoms. The predicted molar refractivity (Wildman–Crippen MR) is 69.0 cm³/mol. The Morgan fingerprint density at radius 1 is 1.05 bits per heavy atom. The first-order valence-corrected chi connectivity index (χ1v) is 7.84. The van der Waals surface area contributed by atoms with Gasteiger partial charge in [0.2, 0.25) is 5.79 Å². The predicted octanol–water partition coefficient (Wildman–Crippen LogP) is 2.19. The molecule has 1 unspecified atom stereocenters. The summed E-state index contributed by atoms with van der Waals surface area (Å²) in [5.41, 5.74) is -0.549. The number of aliphatic hydroxyl groups is 1. The van der Waals surface area contributed by atoms with Crippen LogP contribution in [-0.4, -0.2) is 29.1 Å². The van der Waals surface area contributed by atoms with Crippen LogP contribution in [0.3, 0.4) is 0 Å². The molecule has 0 aromatic rings. The van der Waals surface area contributed by atoms with Crippen LogP contribution in [0.4, 0.5) is 0 Å². The first-order valence-electron chi connectivity index (χ1n) is 7.84. The monoisotopic (exact) mass is 284 g/mol. The van der Waals surface area contributed by atoms with E-state index in [1.165, 1.54) is 6.42 Å². The van der Waals surface area contributed by atoms with Gasteiger partial charge >= 0.3 is 0 Å². The first-order chi connectivity index (χ1) is 9.46. The van der Waals surface area contributed by atoms with E-state index >= 15 is 0 Å². The molecule has 8 atom stereocenters. The highest BCUT2D eigenvalue weighted by molar-refractivity contribution is 5.08. The van der Waals surface area contributed by atoms with Crippen molar-refractivity contribution in [3.8, 4) is 0 Å². The molecule has 1 N–H and O–H groups in total. The zero-order valence-corrected chi connectivity index (χ0v) is 12.4. The standard InChI is InChI=1S/C15H24O5/c1-8-4-5-11-9(2)12(16)17-13-15(11)10(8)6-7-14(3,18-13)19-20-15/h8-13,16H,4-7H2,1-3H3/t8-,9-,10+,11?,12+,13-,14-,15-/m1/s1. The second kappa shape index (κ2) is 4.17. The molecular weight excluding hydrogens is 260 g/mol. The average Bonchev–Trinajstić information content (AvgIpc) is 2.63. The third kappa shape index (κ3) is 1.56. The molecule has 1 aliphatic carbocycles. The Morgan fingerprint density at radius 2 is 1.85 bits per heavy atom. The number of hydrogen-bond acceptors (Lipinski definition) is 5. The third-order valence-corrected chi connectivity index (χ3v) is 6.12. The molecule has 5 aliphatic rings. The summed E-state index contributed by atoms with van der Waals surface area (Å²) in [5, 5.41) is 10.2. The molecule has 0 radical (unpaired) electrons. The zero-order chi connectivity index (χ0) is 14.1. The highest BCUT2D eigenvalue weighted by Gasteiger charge is 2.69. The van der Waals surface area contributed by atoms with Gasteiger partial charge in [0.15, 0.2) is 18.2 Å². The summed E-state index contributed by atoms with van der Waals surface area (Å²) in [7, 11) is 0. The van der Waals surface area contributed by atoms with E-state index in [-0.39, 0.29) is 11.8 Å². The third-order valence-electron chi connectivity index (χ3n) is 6.12. The maximum absolute atomic E-state index is 10.2. The van der Waals surface area contributed by atoms with Gasteiger partial charge in [-0.05, 0) is 38.0 Å². The summed E-state index contributed by atoms with van der Waals surface area (Å²) in [5.74, 6) is 0.437. The summed E-state index contributed by atoms with van der Waals surface area (Å²) in [6.45, 7) is 6.22. The minimum Gasteiger partial charge on any atom is -0.368 e. The molecule has 4 saturated heterocycles. The van der Waals surface area contributed by atoms with Crippen LogP contribution in [0.2, 0.25) is 0 Å². The van der Waals surface area contributed by atoms with Gasteiger partial charge < -0.3 is 14.6 Å². The number of ether oxygens (including phenoxy) is 2. The Kier molecular flexibility index (Phi) is 2.81. The topological polar surface area (TPSA) is 57.2 Å². The van der Waals surface area contributed by atoms with Gasteiger partial charge in [0.25, 0.3) is 0 Å². The van der Waals surface area contributed by atoms with Crippen molar-refractivity contribution < 1.29 is 24.4 Å². The largest absolute Gasteiger partial charge is 0.368 e. The van der Waals surface area contributed by atoms with Gasteiger partial charge in [-0.1, -0.05) is 13.8 Å². The van der Waals surface area contributed by atoms with Gasteiger partial charge in [-0.2, -0.15) is 0 Å². The summed E-state index contributed by atoms with van der Waals surface area (Å²) < 4.78 is 11.9. The average molecular weight is 284 g/mol. The van der Waals surface area contributed by atoms with E-state index in [2.05, 4.69) is 6.92 Å². The van der Waals surface area contributed by atoms with Crippen molar-refractivity contribution in [3.05, 3.63) is 0 Å². The lowest BCUT2D eigenvalue weighted by molar-refractivity contribution is -0.576. The minimum atomic E-state index is -0.781. The molecule has 5 nitrogen and oxygen atoms in total. The molecule has 5 fully saturated rings. The molecule has 5 rings (SSSR count). The van der Waals surface area contributed by atoms with E-state index in [1.807, 2.05) is 13.8 Å². The number of hydrogen-bond donors (Lipinski definition) is 1. The van der Waals surface area contributed by atoms with Crippen LogP contribution in [0.15, 0.2) is 0 Å². The molecule has 2 bridgehead atoms. The maximum Gasteiger partial charge on any atom is 0.201 e. The maximum atomic E-state index is 10.2. The zero-order valence-electron chi connectivity index (χ0n) is 12.4. The molecule has 0 amide bonds. The van der Waals surface area contributed by atoms with Crippen LogP contribution in [-0.2, 0) is 19.2 Å². The summed E-state index contributed by atoms with van der Waals surface area (Å²) in [6.07, 6.45) is 2.72. The minimum absolute atomic E-state index is 0.0379. The fourth-order valence-corrected chi connectivity index (χ4v) is 4.89. The Hall–Kier alpha value is -0.200. The highest BCUT2D eigenvalue weighted by Crippen LogP contribution is 2.60. The van der Waals surface area contributed by atoms with Crippen molar-refractivity contribution in [2.24, 2.45) is 23.7 Å². The van der Waals surface area contributed by atoms with Gasteiger partial charge in [-0.25, -0.2) is 9.78 Å². The quantitative estimate of drug-likeness (QED) is 0.691. The lowest BCUT2D eigenvalue weighted by atomic mass is 9.58. The Balaban J connectivity index is 1.82. The van der Waals surface area contributed by atoms with Gasteiger partial charge in [-0.3, -0.25) is 0 Å². The van der Waals surface area contributed by atoms with Gasteiger partial charge in [-0.15, -0.1) is 0 Å². The van der Waals surface area contributed by atoms with E-state index in [4.69, 9.17) is 19.2 Å². The van der Waals surface area contributed by atoms with E-state index in [9.17, 15) is 5.11 Å². The molecule has 114 valence electrons. The van der Waals surface area contributed by atoms with E-state index < -0.39 is 24.0 Å². The normalized spacial score (nSPS) is 61.8.